The third-order valence-electron chi connectivity index (χ3n) is 6.14. The highest BCUT2D eigenvalue weighted by Crippen LogP contribution is 2.19. The topological polar surface area (TPSA) is 93.5 Å². The molecule has 7 heteroatoms. The first-order valence-corrected chi connectivity index (χ1v) is 12.4. The van der Waals surface area contributed by atoms with Gasteiger partial charge < -0.3 is 19.7 Å². The van der Waals surface area contributed by atoms with Crippen molar-refractivity contribution >= 4 is 17.6 Å². The average Bonchev–Trinajstić information content (AvgIpc) is 3.31. The van der Waals surface area contributed by atoms with Crippen LogP contribution >= 0.6 is 0 Å². The predicted octanol–water partition coefficient (Wildman–Crippen LogP) is 5.94. The Morgan fingerprint density at radius 1 is 0.946 bits per heavy atom. The van der Waals surface area contributed by atoms with Crippen LogP contribution < -0.4 is 5.32 Å². The first kappa shape index (κ1) is 25.7. The van der Waals surface area contributed by atoms with Gasteiger partial charge in [0, 0.05) is 18.7 Å². The molecule has 0 saturated heterocycles. The molecule has 1 heterocycles. The first-order chi connectivity index (χ1) is 18.0. The maximum absolute atomic E-state index is 12.5. The molecule has 0 aliphatic carbocycles. The van der Waals surface area contributed by atoms with E-state index in [-0.39, 0.29) is 18.1 Å². The maximum atomic E-state index is 12.5. The van der Waals surface area contributed by atoms with E-state index in [2.05, 4.69) is 21.8 Å². The number of benzene rings is 3. The monoisotopic (exact) mass is 497 g/mol. The number of carboxylic acids is 1. The number of imidazole rings is 1. The molecule has 0 bridgehead atoms. The van der Waals surface area contributed by atoms with E-state index < -0.39 is 5.97 Å². The van der Waals surface area contributed by atoms with Crippen molar-refractivity contribution in [3.05, 3.63) is 119 Å². The Labute approximate surface area is 216 Å². The number of para-hydroxylation sites is 1. The van der Waals surface area contributed by atoms with E-state index in [1.54, 1.807) is 30.3 Å². The molecule has 1 aromatic heterocycles. The fraction of sp³-hybridized carbons (Fsp3) is 0.233. The molecule has 4 rings (SSSR count). The standard InChI is InChI=1S/C30H31N3O4/c1-2-3-13-28-32-19-25(18-31-27-12-8-7-11-26(27)29(34)35)33(28)20-22-14-16-24(17-15-22)30(36)37-21-23-9-5-4-6-10-23/h4-12,14-17,19,31H,2-3,13,18,20-21H2,1H3,(H,34,35). The van der Waals surface area contributed by atoms with Gasteiger partial charge in [-0.15, -0.1) is 0 Å². The number of nitrogens with one attached hydrogen (secondary N) is 1. The van der Waals surface area contributed by atoms with Crippen LogP contribution in [-0.4, -0.2) is 26.6 Å². The van der Waals surface area contributed by atoms with Crippen LogP contribution in [0, 0.1) is 0 Å². The van der Waals surface area contributed by atoms with Gasteiger partial charge in [0.1, 0.15) is 12.4 Å². The second kappa shape index (κ2) is 12.5. The Morgan fingerprint density at radius 3 is 2.41 bits per heavy atom. The number of aromatic nitrogens is 2. The Bertz CT molecular complexity index is 1330. The molecule has 2 N–H and O–H groups in total. The molecule has 0 aliphatic rings. The zero-order valence-corrected chi connectivity index (χ0v) is 20.9. The second-order valence-corrected chi connectivity index (χ2v) is 8.82. The van der Waals surface area contributed by atoms with Crippen LogP contribution in [0.5, 0.6) is 0 Å². The molecule has 7 nitrogen and oxygen atoms in total. The van der Waals surface area contributed by atoms with E-state index in [0.29, 0.717) is 24.3 Å². The summed E-state index contributed by atoms with van der Waals surface area (Å²) < 4.78 is 7.60. The van der Waals surface area contributed by atoms with E-state index in [4.69, 9.17) is 4.74 Å². The lowest BCUT2D eigenvalue weighted by Gasteiger charge is -2.15. The van der Waals surface area contributed by atoms with Crippen molar-refractivity contribution in [3.8, 4) is 0 Å². The molecule has 3 aromatic carbocycles. The maximum Gasteiger partial charge on any atom is 0.338 e. The Balaban J connectivity index is 1.46. The van der Waals surface area contributed by atoms with Gasteiger partial charge in [-0.3, -0.25) is 0 Å². The number of rotatable bonds is 12. The number of carbonyl (C=O) groups is 2. The molecule has 0 aliphatic heterocycles. The summed E-state index contributed by atoms with van der Waals surface area (Å²) in [6.45, 7) is 3.41. The number of anilines is 1. The molecule has 4 aromatic rings. The molecule has 0 radical (unpaired) electrons. The Kier molecular flexibility index (Phi) is 8.70. The number of hydrogen-bond donors (Lipinski definition) is 2. The second-order valence-electron chi connectivity index (χ2n) is 8.82. The van der Waals surface area contributed by atoms with Crippen LogP contribution in [0.2, 0.25) is 0 Å². The number of esters is 1. The summed E-state index contributed by atoms with van der Waals surface area (Å²) in [4.78, 5) is 28.7. The summed E-state index contributed by atoms with van der Waals surface area (Å²) in [5.41, 5.74) is 4.23. The van der Waals surface area contributed by atoms with Gasteiger partial charge in [0.25, 0.3) is 0 Å². The average molecular weight is 498 g/mol. The van der Waals surface area contributed by atoms with Crippen LogP contribution in [0.15, 0.2) is 85.1 Å². The zero-order chi connectivity index (χ0) is 26.0. The largest absolute Gasteiger partial charge is 0.478 e. The van der Waals surface area contributed by atoms with Crippen LogP contribution in [0.25, 0.3) is 0 Å². The van der Waals surface area contributed by atoms with Crippen LogP contribution in [0.4, 0.5) is 5.69 Å². The van der Waals surface area contributed by atoms with Crippen molar-refractivity contribution in [2.45, 2.75) is 45.9 Å². The summed E-state index contributed by atoms with van der Waals surface area (Å²) in [6.07, 6.45) is 4.78. The third kappa shape index (κ3) is 6.85. The molecule has 0 saturated carbocycles. The van der Waals surface area contributed by atoms with Crippen molar-refractivity contribution < 1.29 is 19.4 Å². The van der Waals surface area contributed by atoms with Gasteiger partial charge in [0.15, 0.2) is 0 Å². The zero-order valence-electron chi connectivity index (χ0n) is 20.9. The minimum atomic E-state index is -0.970. The quantitative estimate of drug-likeness (QED) is 0.235. The van der Waals surface area contributed by atoms with Gasteiger partial charge in [-0.2, -0.15) is 0 Å². The molecule has 0 unspecified atom stereocenters. The molecule has 190 valence electrons. The molecule has 0 amide bonds. The number of ether oxygens (including phenoxy) is 1. The summed E-state index contributed by atoms with van der Waals surface area (Å²) >= 11 is 0. The number of nitrogens with zero attached hydrogens (tertiary/aromatic N) is 2. The van der Waals surface area contributed by atoms with E-state index in [1.165, 1.54) is 0 Å². The fourth-order valence-corrected chi connectivity index (χ4v) is 4.07. The minimum absolute atomic E-state index is 0.231. The minimum Gasteiger partial charge on any atom is -0.478 e. The van der Waals surface area contributed by atoms with Gasteiger partial charge in [-0.1, -0.05) is 67.9 Å². The van der Waals surface area contributed by atoms with Crippen molar-refractivity contribution in [1.29, 1.82) is 0 Å². The lowest BCUT2D eigenvalue weighted by atomic mass is 10.1. The lowest BCUT2D eigenvalue weighted by molar-refractivity contribution is 0.0472. The number of unbranched alkanes of at least 4 members (excludes halogenated alkanes) is 1. The molecule has 0 spiro atoms. The highest BCUT2D eigenvalue weighted by atomic mass is 16.5. The highest BCUT2D eigenvalue weighted by molar-refractivity contribution is 5.94. The molecular formula is C30H31N3O4. The van der Waals surface area contributed by atoms with E-state index in [9.17, 15) is 14.7 Å². The Morgan fingerprint density at radius 2 is 1.68 bits per heavy atom. The van der Waals surface area contributed by atoms with E-state index in [0.717, 1.165) is 41.9 Å². The Hall–Kier alpha value is -4.39. The summed E-state index contributed by atoms with van der Waals surface area (Å²) in [6, 6.07) is 23.9. The van der Waals surface area contributed by atoms with E-state index >= 15 is 0 Å². The molecule has 0 atom stereocenters. The highest BCUT2D eigenvalue weighted by Gasteiger charge is 2.14. The smallest absolute Gasteiger partial charge is 0.338 e. The van der Waals surface area contributed by atoms with Gasteiger partial charge >= 0.3 is 11.9 Å². The van der Waals surface area contributed by atoms with Crippen molar-refractivity contribution in [2.24, 2.45) is 0 Å². The fourth-order valence-electron chi connectivity index (χ4n) is 4.07. The van der Waals surface area contributed by atoms with Crippen molar-refractivity contribution in [2.75, 3.05) is 5.32 Å². The SMILES string of the molecule is CCCCc1ncc(CNc2ccccc2C(=O)O)n1Cc1ccc(C(=O)OCc2ccccc2)cc1. The third-order valence-corrected chi connectivity index (χ3v) is 6.14. The van der Waals surface area contributed by atoms with Gasteiger partial charge in [-0.25, -0.2) is 14.6 Å². The molecule has 0 fully saturated rings. The van der Waals surface area contributed by atoms with Crippen LogP contribution in [-0.2, 0) is 30.9 Å². The van der Waals surface area contributed by atoms with Crippen LogP contribution in [0.1, 0.15) is 63.1 Å². The summed E-state index contributed by atoms with van der Waals surface area (Å²) in [5, 5.41) is 12.7. The summed E-state index contributed by atoms with van der Waals surface area (Å²) in [5.74, 6) is -0.345. The van der Waals surface area contributed by atoms with Crippen molar-refractivity contribution in [1.82, 2.24) is 9.55 Å². The number of aromatic carboxylic acids is 1. The van der Waals surface area contributed by atoms with E-state index in [1.807, 2.05) is 54.7 Å². The number of aryl methyl sites for hydroxylation is 1. The normalized spacial score (nSPS) is 10.7. The predicted molar refractivity (Wildman–Crippen MR) is 143 cm³/mol. The van der Waals surface area contributed by atoms with Gasteiger partial charge in [-0.05, 0) is 41.8 Å². The lowest BCUT2D eigenvalue weighted by Crippen LogP contribution is -2.13. The first-order valence-electron chi connectivity index (χ1n) is 12.4. The molecule has 37 heavy (non-hydrogen) atoms. The van der Waals surface area contributed by atoms with Crippen LogP contribution in [0.3, 0.4) is 0 Å². The van der Waals surface area contributed by atoms with Gasteiger partial charge in [0.2, 0.25) is 0 Å². The number of carboxylic acid groups (broad SMARTS) is 1. The summed E-state index contributed by atoms with van der Waals surface area (Å²) in [7, 11) is 0. The number of hydrogen-bond acceptors (Lipinski definition) is 5. The number of carbonyl (C=O) groups excluding carboxylic acids is 1. The van der Waals surface area contributed by atoms with Crippen molar-refractivity contribution in [3.63, 3.8) is 0 Å². The van der Waals surface area contributed by atoms with Gasteiger partial charge in [0.05, 0.1) is 29.6 Å². The molecular weight excluding hydrogens is 466 g/mol.